The molecule has 1 aromatic carbocycles. The minimum atomic E-state index is -0.211. The second kappa shape index (κ2) is 6.62. The van der Waals surface area contributed by atoms with Crippen molar-refractivity contribution >= 4 is 5.91 Å². The number of aryl methyl sites for hydroxylation is 1. The maximum Gasteiger partial charge on any atom is 0.272 e. The van der Waals surface area contributed by atoms with Crippen LogP contribution in [0.4, 0.5) is 0 Å². The lowest BCUT2D eigenvalue weighted by Gasteiger charge is -2.21. The first-order chi connectivity index (χ1) is 12.7. The first-order valence-corrected chi connectivity index (χ1v) is 8.44. The number of amides is 1. The van der Waals surface area contributed by atoms with Gasteiger partial charge >= 0.3 is 0 Å². The number of benzene rings is 1. The van der Waals surface area contributed by atoms with Gasteiger partial charge in [-0.05, 0) is 43.2 Å². The molecular formula is C18H19N5O3. The van der Waals surface area contributed by atoms with Crippen molar-refractivity contribution < 1.29 is 14.1 Å². The van der Waals surface area contributed by atoms with Gasteiger partial charge in [0.15, 0.2) is 0 Å². The predicted molar refractivity (Wildman–Crippen MR) is 92.5 cm³/mol. The fourth-order valence-electron chi connectivity index (χ4n) is 3.23. The highest BCUT2D eigenvalue weighted by molar-refractivity contribution is 5.92. The van der Waals surface area contributed by atoms with Crippen LogP contribution in [0, 0.1) is 0 Å². The zero-order valence-electron chi connectivity index (χ0n) is 14.6. The Kier molecular flexibility index (Phi) is 4.16. The highest BCUT2D eigenvalue weighted by atomic mass is 16.5. The molecular weight excluding hydrogens is 334 g/mol. The van der Waals surface area contributed by atoms with Gasteiger partial charge in [-0.3, -0.25) is 9.48 Å². The molecule has 1 amide bonds. The third kappa shape index (κ3) is 2.83. The van der Waals surface area contributed by atoms with Crippen molar-refractivity contribution in [2.75, 3.05) is 13.7 Å². The molecule has 1 atom stereocenters. The van der Waals surface area contributed by atoms with Crippen molar-refractivity contribution in [2.24, 2.45) is 7.05 Å². The van der Waals surface area contributed by atoms with E-state index in [4.69, 9.17) is 9.26 Å². The molecule has 0 saturated carbocycles. The van der Waals surface area contributed by atoms with Crippen molar-refractivity contribution in [1.29, 1.82) is 0 Å². The van der Waals surface area contributed by atoms with E-state index in [0.29, 0.717) is 24.0 Å². The molecule has 26 heavy (non-hydrogen) atoms. The Hall–Kier alpha value is -3.16. The molecule has 0 aliphatic carbocycles. The molecule has 0 bridgehead atoms. The van der Waals surface area contributed by atoms with E-state index in [9.17, 15) is 4.79 Å². The first-order valence-electron chi connectivity index (χ1n) is 8.44. The molecule has 8 nitrogen and oxygen atoms in total. The van der Waals surface area contributed by atoms with Gasteiger partial charge in [0.25, 0.3) is 5.91 Å². The van der Waals surface area contributed by atoms with Gasteiger partial charge in [0.1, 0.15) is 17.5 Å². The Balaban J connectivity index is 1.58. The molecule has 134 valence electrons. The van der Waals surface area contributed by atoms with E-state index in [1.165, 1.54) is 0 Å². The Labute approximate surface area is 150 Å². The largest absolute Gasteiger partial charge is 0.497 e. The highest BCUT2D eigenvalue weighted by Crippen LogP contribution is 2.33. The van der Waals surface area contributed by atoms with Gasteiger partial charge in [0.2, 0.25) is 11.7 Å². The topological polar surface area (TPSA) is 86.3 Å². The van der Waals surface area contributed by atoms with Crippen LogP contribution in [0.5, 0.6) is 5.75 Å². The molecule has 3 heterocycles. The molecule has 0 unspecified atom stereocenters. The van der Waals surface area contributed by atoms with Crippen LogP contribution in [0.25, 0.3) is 11.4 Å². The summed E-state index contributed by atoms with van der Waals surface area (Å²) in [5, 5.41) is 8.15. The third-order valence-electron chi connectivity index (χ3n) is 4.63. The van der Waals surface area contributed by atoms with Crippen LogP contribution >= 0.6 is 0 Å². The minimum Gasteiger partial charge on any atom is -0.497 e. The van der Waals surface area contributed by atoms with E-state index in [1.807, 2.05) is 24.3 Å². The Bertz CT molecular complexity index is 915. The summed E-state index contributed by atoms with van der Waals surface area (Å²) >= 11 is 0. The Morgan fingerprint density at radius 2 is 2.08 bits per heavy atom. The predicted octanol–water partition coefficient (Wildman–Crippen LogP) is 2.46. The monoisotopic (exact) mass is 353 g/mol. The lowest BCUT2D eigenvalue weighted by Crippen LogP contribution is -2.32. The second-order valence-corrected chi connectivity index (χ2v) is 6.18. The van der Waals surface area contributed by atoms with E-state index < -0.39 is 0 Å². The van der Waals surface area contributed by atoms with Crippen molar-refractivity contribution in [3.8, 4) is 17.1 Å². The molecule has 1 aliphatic heterocycles. The van der Waals surface area contributed by atoms with Crippen LogP contribution in [-0.4, -0.2) is 44.4 Å². The van der Waals surface area contributed by atoms with E-state index in [2.05, 4.69) is 15.2 Å². The molecule has 1 saturated heterocycles. The number of likely N-dealkylation sites (tertiary alicyclic amines) is 1. The van der Waals surface area contributed by atoms with Gasteiger partial charge in [-0.2, -0.15) is 10.1 Å². The Morgan fingerprint density at radius 3 is 2.77 bits per heavy atom. The molecule has 1 aliphatic rings. The molecule has 8 heteroatoms. The van der Waals surface area contributed by atoms with E-state index in [0.717, 1.165) is 24.2 Å². The fraction of sp³-hybridized carbons (Fsp3) is 0.333. The summed E-state index contributed by atoms with van der Waals surface area (Å²) < 4.78 is 12.2. The standard InChI is InChI=1S/C18H19N5O3/c1-22-15(9-10-19-22)18(24)23-11-3-4-14(23)17-20-16(21-26-17)12-5-7-13(25-2)8-6-12/h5-10,14H,3-4,11H2,1-2H3/t14-/m0/s1. The van der Waals surface area contributed by atoms with Gasteiger partial charge < -0.3 is 14.2 Å². The fourth-order valence-corrected chi connectivity index (χ4v) is 3.23. The molecule has 0 N–H and O–H groups in total. The minimum absolute atomic E-state index is 0.0725. The molecule has 1 fully saturated rings. The van der Waals surface area contributed by atoms with Gasteiger partial charge in [-0.25, -0.2) is 0 Å². The summed E-state index contributed by atoms with van der Waals surface area (Å²) in [7, 11) is 3.38. The van der Waals surface area contributed by atoms with E-state index in [-0.39, 0.29) is 11.9 Å². The van der Waals surface area contributed by atoms with Crippen LogP contribution in [0.3, 0.4) is 0 Å². The molecule has 2 aromatic heterocycles. The lowest BCUT2D eigenvalue weighted by atomic mass is 10.2. The maximum absolute atomic E-state index is 12.8. The number of carbonyl (C=O) groups excluding carboxylic acids is 1. The molecule has 3 aromatic rings. The summed E-state index contributed by atoms with van der Waals surface area (Å²) in [4.78, 5) is 19.1. The number of hydrogen-bond acceptors (Lipinski definition) is 6. The number of rotatable bonds is 4. The van der Waals surface area contributed by atoms with E-state index >= 15 is 0 Å². The van der Waals surface area contributed by atoms with Crippen LogP contribution in [0.1, 0.15) is 35.3 Å². The number of nitrogens with zero attached hydrogens (tertiary/aromatic N) is 5. The Morgan fingerprint density at radius 1 is 1.27 bits per heavy atom. The van der Waals surface area contributed by atoms with Gasteiger partial charge in [-0.1, -0.05) is 5.16 Å². The van der Waals surface area contributed by atoms with Gasteiger partial charge in [0.05, 0.1) is 7.11 Å². The summed E-state index contributed by atoms with van der Waals surface area (Å²) in [6, 6.07) is 8.95. The van der Waals surface area contributed by atoms with Crippen LogP contribution in [0.15, 0.2) is 41.1 Å². The smallest absolute Gasteiger partial charge is 0.272 e. The zero-order valence-corrected chi connectivity index (χ0v) is 14.6. The zero-order chi connectivity index (χ0) is 18.1. The molecule has 0 radical (unpaired) electrons. The van der Waals surface area contributed by atoms with E-state index in [1.54, 1.807) is 36.0 Å². The number of ether oxygens (including phenoxy) is 1. The van der Waals surface area contributed by atoms with Crippen molar-refractivity contribution in [3.63, 3.8) is 0 Å². The second-order valence-electron chi connectivity index (χ2n) is 6.18. The summed E-state index contributed by atoms with van der Waals surface area (Å²) in [5.74, 6) is 1.66. The van der Waals surface area contributed by atoms with Crippen LogP contribution in [-0.2, 0) is 7.05 Å². The maximum atomic E-state index is 12.8. The normalized spacial score (nSPS) is 16.8. The molecule has 4 rings (SSSR count). The number of hydrogen-bond donors (Lipinski definition) is 0. The van der Waals surface area contributed by atoms with Gasteiger partial charge in [0, 0.05) is 25.4 Å². The third-order valence-corrected chi connectivity index (χ3v) is 4.63. The van der Waals surface area contributed by atoms with Crippen molar-refractivity contribution in [2.45, 2.75) is 18.9 Å². The molecule has 0 spiro atoms. The van der Waals surface area contributed by atoms with Crippen LogP contribution in [0.2, 0.25) is 0 Å². The summed E-state index contributed by atoms with van der Waals surface area (Å²) in [5.41, 5.74) is 1.38. The highest BCUT2D eigenvalue weighted by Gasteiger charge is 2.35. The van der Waals surface area contributed by atoms with Gasteiger partial charge in [-0.15, -0.1) is 0 Å². The summed E-state index contributed by atoms with van der Waals surface area (Å²) in [6.45, 7) is 0.662. The number of methoxy groups -OCH3 is 1. The quantitative estimate of drug-likeness (QED) is 0.716. The lowest BCUT2D eigenvalue weighted by molar-refractivity contribution is 0.0699. The first kappa shape index (κ1) is 16.3. The summed E-state index contributed by atoms with van der Waals surface area (Å²) in [6.07, 6.45) is 3.31. The van der Waals surface area contributed by atoms with Crippen LogP contribution < -0.4 is 4.74 Å². The SMILES string of the molecule is COc1ccc(-c2noc([C@@H]3CCCN3C(=O)c3ccnn3C)n2)cc1. The average Bonchev–Trinajstić information content (AvgIpc) is 3.41. The van der Waals surface area contributed by atoms with Crippen molar-refractivity contribution in [3.05, 3.63) is 48.1 Å². The number of carbonyl (C=O) groups is 1. The average molecular weight is 353 g/mol. The van der Waals surface area contributed by atoms with Crippen molar-refractivity contribution in [1.82, 2.24) is 24.8 Å². The number of aromatic nitrogens is 4.